The number of hydrogen-bond acceptors (Lipinski definition) is 4. The van der Waals surface area contributed by atoms with Gasteiger partial charge in [-0.15, -0.1) is 12.4 Å². The molecule has 1 heterocycles. The maximum Gasteiger partial charge on any atom is 0.429 e. The van der Waals surface area contributed by atoms with E-state index in [-0.39, 0.29) is 43.3 Å². The number of rotatable bonds is 5. The van der Waals surface area contributed by atoms with E-state index in [0.717, 1.165) is 5.56 Å². The number of carbonyl (C=O) groups is 2. The highest BCUT2D eigenvalue weighted by molar-refractivity contribution is 5.85. The summed E-state index contributed by atoms with van der Waals surface area (Å²) < 4.78 is 18.5. The first kappa shape index (κ1) is 22.6. The fourth-order valence-electron chi connectivity index (χ4n) is 3.24. The first-order valence-electron chi connectivity index (χ1n) is 9.17. The summed E-state index contributed by atoms with van der Waals surface area (Å²) in [7, 11) is 3.73. The molecule has 3 rings (SSSR count). The van der Waals surface area contributed by atoms with Crippen LogP contribution in [0.5, 0.6) is 0 Å². The maximum atomic E-state index is 13.1. The third-order valence-electron chi connectivity index (χ3n) is 4.68. The van der Waals surface area contributed by atoms with Crippen LogP contribution in [0.1, 0.15) is 17.5 Å². The van der Waals surface area contributed by atoms with Crippen molar-refractivity contribution in [2.24, 2.45) is 0 Å². The van der Waals surface area contributed by atoms with Gasteiger partial charge in [-0.2, -0.15) is 0 Å². The second-order valence-corrected chi connectivity index (χ2v) is 6.94. The van der Waals surface area contributed by atoms with Gasteiger partial charge in [0.1, 0.15) is 18.6 Å². The normalized spacial score (nSPS) is 15.9. The highest BCUT2D eigenvalue weighted by Crippen LogP contribution is 2.23. The van der Waals surface area contributed by atoms with E-state index in [2.05, 4.69) is 0 Å². The van der Waals surface area contributed by atoms with Crippen LogP contribution in [0.4, 0.5) is 9.18 Å². The first-order valence-corrected chi connectivity index (χ1v) is 9.17. The number of amides is 2. The molecule has 2 aromatic rings. The topological polar surface area (TPSA) is 53.1 Å². The van der Waals surface area contributed by atoms with E-state index in [1.807, 2.05) is 49.3 Å². The van der Waals surface area contributed by atoms with Crippen LogP contribution in [0.2, 0.25) is 0 Å². The van der Waals surface area contributed by atoms with Gasteiger partial charge in [0.15, 0.2) is 0 Å². The van der Waals surface area contributed by atoms with Crippen LogP contribution in [0.25, 0.3) is 0 Å². The molecule has 0 aliphatic carbocycles. The van der Waals surface area contributed by atoms with Crippen LogP contribution in [-0.4, -0.2) is 53.7 Å². The number of hydrogen-bond donors (Lipinski definition) is 0. The fraction of sp³-hybridized carbons (Fsp3) is 0.333. The number of carbonyl (C=O) groups excluding carboxylic acids is 2. The van der Waals surface area contributed by atoms with Gasteiger partial charge in [-0.05, 0) is 37.4 Å². The van der Waals surface area contributed by atoms with Gasteiger partial charge in [0, 0.05) is 13.0 Å². The molecule has 1 atom stereocenters. The van der Waals surface area contributed by atoms with Gasteiger partial charge in [-0.3, -0.25) is 9.69 Å². The predicted octanol–water partition coefficient (Wildman–Crippen LogP) is 3.46. The Morgan fingerprint density at radius 2 is 1.72 bits per heavy atom. The number of benzene rings is 2. The zero-order chi connectivity index (χ0) is 20.1. The molecule has 1 unspecified atom stereocenters. The number of ether oxygens (including phenoxy) is 1. The average Bonchev–Trinajstić information content (AvgIpc) is 3.14. The fourth-order valence-corrected chi connectivity index (χ4v) is 3.24. The number of nitrogens with zero attached hydrogens (tertiary/aromatic N) is 3. The number of halogens is 2. The summed E-state index contributed by atoms with van der Waals surface area (Å²) in [6.07, 6.45) is -0.0896. The molecule has 2 amide bonds. The molecule has 0 spiro atoms. The second-order valence-electron chi connectivity index (χ2n) is 6.94. The monoisotopic (exact) mass is 421 g/mol. The Kier molecular flexibility index (Phi) is 7.99. The smallest absolute Gasteiger partial charge is 0.429 e. The van der Waals surface area contributed by atoms with E-state index in [4.69, 9.17) is 4.74 Å². The van der Waals surface area contributed by atoms with Crippen LogP contribution in [0.15, 0.2) is 54.6 Å². The van der Waals surface area contributed by atoms with Gasteiger partial charge in [0.25, 0.3) is 0 Å². The molecular formula is C21H25ClFN3O3. The van der Waals surface area contributed by atoms with Crippen molar-refractivity contribution in [3.63, 3.8) is 0 Å². The van der Waals surface area contributed by atoms with Crippen LogP contribution in [0.3, 0.4) is 0 Å². The Labute approximate surface area is 176 Å². The Hall–Kier alpha value is -2.64. The summed E-state index contributed by atoms with van der Waals surface area (Å²) >= 11 is 0. The van der Waals surface area contributed by atoms with E-state index in [0.29, 0.717) is 18.5 Å². The predicted molar refractivity (Wildman–Crippen MR) is 110 cm³/mol. The van der Waals surface area contributed by atoms with Gasteiger partial charge >= 0.3 is 6.09 Å². The molecule has 29 heavy (non-hydrogen) atoms. The Morgan fingerprint density at radius 3 is 2.34 bits per heavy atom. The van der Waals surface area contributed by atoms with Gasteiger partial charge in [-0.25, -0.2) is 19.2 Å². The van der Waals surface area contributed by atoms with E-state index in [9.17, 15) is 14.0 Å². The van der Waals surface area contributed by atoms with Crippen molar-refractivity contribution in [2.75, 3.05) is 20.6 Å². The minimum Gasteiger partial charge on any atom is -0.443 e. The SMILES string of the molecule is CN(C)C1CCN(C(=O)OCc2ccccc2)N1C(=O)Cc1ccc(F)cc1.Cl. The summed E-state index contributed by atoms with van der Waals surface area (Å²) in [6, 6.07) is 15.2. The minimum atomic E-state index is -0.555. The number of hydrazine groups is 1. The molecule has 1 fully saturated rings. The zero-order valence-electron chi connectivity index (χ0n) is 16.5. The van der Waals surface area contributed by atoms with E-state index in [1.54, 1.807) is 12.1 Å². The van der Waals surface area contributed by atoms with Crippen LogP contribution < -0.4 is 0 Å². The molecule has 6 nitrogen and oxygen atoms in total. The van der Waals surface area contributed by atoms with Crippen molar-refractivity contribution in [1.82, 2.24) is 14.9 Å². The van der Waals surface area contributed by atoms with Crippen molar-refractivity contribution in [3.05, 3.63) is 71.5 Å². The lowest BCUT2D eigenvalue weighted by molar-refractivity contribution is -0.149. The Bertz CT molecular complexity index is 818. The first-order chi connectivity index (χ1) is 13.5. The van der Waals surface area contributed by atoms with Crippen molar-refractivity contribution in [2.45, 2.75) is 25.6 Å². The summed E-state index contributed by atoms with van der Waals surface area (Å²) in [6.45, 7) is 0.536. The molecule has 2 aromatic carbocycles. The lowest BCUT2D eigenvalue weighted by atomic mass is 10.1. The van der Waals surface area contributed by atoms with Crippen LogP contribution in [-0.2, 0) is 22.6 Å². The molecule has 0 N–H and O–H groups in total. The van der Waals surface area contributed by atoms with Crippen molar-refractivity contribution in [1.29, 1.82) is 0 Å². The Morgan fingerprint density at radius 1 is 1.07 bits per heavy atom. The van der Waals surface area contributed by atoms with Crippen LogP contribution in [0, 0.1) is 5.82 Å². The van der Waals surface area contributed by atoms with E-state index in [1.165, 1.54) is 22.2 Å². The summed E-state index contributed by atoms with van der Waals surface area (Å²) in [4.78, 5) is 27.5. The third-order valence-corrected chi connectivity index (χ3v) is 4.68. The van der Waals surface area contributed by atoms with E-state index < -0.39 is 6.09 Å². The van der Waals surface area contributed by atoms with Crippen LogP contribution >= 0.6 is 12.4 Å². The summed E-state index contributed by atoms with van der Waals surface area (Å²) in [5, 5.41) is 2.82. The molecular weight excluding hydrogens is 397 g/mol. The van der Waals surface area contributed by atoms with Gasteiger partial charge in [-0.1, -0.05) is 42.5 Å². The second kappa shape index (κ2) is 10.2. The lowest BCUT2D eigenvalue weighted by Crippen LogP contribution is -2.52. The highest BCUT2D eigenvalue weighted by Gasteiger charge is 2.40. The van der Waals surface area contributed by atoms with Gasteiger partial charge in [0.2, 0.25) is 5.91 Å². The largest absolute Gasteiger partial charge is 0.443 e. The summed E-state index contributed by atoms with van der Waals surface area (Å²) in [5.74, 6) is -0.589. The quantitative estimate of drug-likeness (QED) is 0.741. The molecule has 0 bridgehead atoms. The van der Waals surface area contributed by atoms with Gasteiger partial charge < -0.3 is 4.74 Å². The molecule has 156 valence electrons. The molecule has 1 aliphatic heterocycles. The maximum absolute atomic E-state index is 13.1. The van der Waals surface area contributed by atoms with Gasteiger partial charge in [0.05, 0.1) is 6.42 Å². The standard InChI is InChI=1S/C21H24FN3O3.ClH/c1-23(2)19-12-13-24(21(27)28-15-17-6-4-3-5-7-17)25(19)20(26)14-16-8-10-18(22)11-9-16;/h3-11,19H,12-15H2,1-2H3;1H. The lowest BCUT2D eigenvalue weighted by Gasteiger charge is -2.34. The van der Waals surface area contributed by atoms with E-state index >= 15 is 0 Å². The third kappa shape index (κ3) is 5.68. The Balaban J connectivity index is 0.00000300. The molecule has 1 saturated heterocycles. The molecule has 0 aromatic heterocycles. The molecule has 8 heteroatoms. The minimum absolute atomic E-state index is 0. The van der Waals surface area contributed by atoms with Crippen molar-refractivity contribution >= 4 is 24.4 Å². The molecule has 0 saturated carbocycles. The summed E-state index contributed by atoms with van der Waals surface area (Å²) in [5.41, 5.74) is 1.57. The average molecular weight is 422 g/mol. The molecule has 1 aliphatic rings. The van der Waals surface area contributed by atoms with Crippen molar-refractivity contribution < 1.29 is 18.7 Å². The van der Waals surface area contributed by atoms with Crippen molar-refractivity contribution in [3.8, 4) is 0 Å². The zero-order valence-corrected chi connectivity index (χ0v) is 17.3. The molecule has 0 radical (unpaired) electrons. The highest BCUT2D eigenvalue weighted by atomic mass is 35.5.